The standard InChI is InChI=1S/C16H17ClN2O3S.C3H8O/c1-9-7-8-19(10(2)20)16(21)13(9)15(23)18-12-6-4-5-11(17)14(12)22-3;1-3(2)4/h4-6H,7-8H2,1-3H3,(H,18,23);3-4H,1-2H3. The fourth-order valence-corrected chi connectivity index (χ4v) is 3.04. The van der Waals surface area contributed by atoms with Crippen LogP contribution >= 0.6 is 23.8 Å². The van der Waals surface area contributed by atoms with Crippen LogP contribution in [0.15, 0.2) is 29.3 Å². The summed E-state index contributed by atoms with van der Waals surface area (Å²) in [7, 11) is 1.50. The number of imide groups is 1. The summed E-state index contributed by atoms with van der Waals surface area (Å²) in [6.45, 7) is 7.03. The molecule has 0 radical (unpaired) electrons. The molecule has 0 aromatic heterocycles. The number of benzene rings is 1. The molecule has 8 heteroatoms. The number of nitrogens with one attached hydrogen (secondary N) is 1. The first-order chi connectivity index (χ1) is 12.6. The molecule has 27 heavy (non-hydrogen) atoms. The molecule has 148 valence electrons. The van der Waals surface area contributed by atoms with Crippen LogP contribution in [0.25, 0.3) is 0 Å². The van der Waals surface area contributed by atoms with Crippen molar-refractivity contribution in [1.82, 2.24) is 4.90 Å². The Bertz CT molecular complexity index is 759. The van der Waals surface area contributed by atoms with E-state index in [1.807, 2.05) is 6.92 Å². The van der Waals surface area contributed by atoms with Gasteiger partial charge in [-0.25, -0.2) is 0 Å². The smallest absolute Gasteiger partial charge is 0.263 e. The lowest BCUT2D eigenvalue weighted by Gasteiger charge is -2.27. The summed E-state index contributed by atoms with van der Waals surface area (Å²) >= 11 is 11.5. The lowest BCUT2D eigenvalue weighted by molar-refractivity contribution is -0.141. The number of halogens is 1. The van der Waals surface area contributed by atoms with Crippen molar-refractivity contribution < 1.29 is 19.4 Å². The normalized spacial score (nSPS) is 13.9. The number of anilines is 1. The number of hydrogen-bond donors (Lipinski definition) is 2. The number of hydrogen-bond acceptors (Lipinski definition) is 5. The third-order valence-corrected chi connectivity index (χ3v) is 4.23. The lowest BCUT2D eigenvalue weighted by atomic mass is 10.00. The molecule has 0 saturated heterocycles. The molecule has 1 aromatic rings. The molecule has 2 amide bonds. The molecule has 1 aromatic carbocycles. The number of methoxy groups -OCH3 is 1. The predicted molar refractivity (Wildman–Crippen MR) is 111 cm³/mol. The second-order valence-electron chi connectivity index (χ2n) is 6.25. The quantitative estimate of drug-likeness (QED) is 0.739. The van der Waals surface area contributed by atoms with Crippen LogP contribution in [0, 0.1) is 0 Å². The highest BCUT2D eigenvalue weighted by atomic mass is 35.5. The number of para-hydroxylation sites is 1. The van der Waals surface area contributed by atoms with Gasteiger partial charge >= 0.3 is 0 Å². The molecule has 1 heterocycles. The van der Waals surface area contributed by atoms with Gasteiger partial charge in [0, 0.05) is 19.6 Å². The van der Waals surface area contributed by atoms with E-state index in [1.165, 1.54) is 18.9 Å². The van der Waals surface area contributed by atoms with Crippen molar-refractivity contribution in [1.29, 1.82) is 0 Å². The van der Waals surface area contributed by atoms with E-state index in [0.717, 1.165) is 5.57 Å². The largest absolute Gasteiger partial charge is 0.493 e. The van der Waals surface area contributed by atoms with Crippen molar-refractivity contribution in [2.75, 3.05) is 19.0 Å². The maximum Gasteiger partial charge on any atom is 0.263 e. The number of aliphatic hydroxyl groups excluding tert-OH is 1. The van der Waals surface area contributed by atoms with Gasteiger partial charge in [-0.3, -0.25) is 14.5 Å². The Morgan fingerprint density at radius 3 is 2.52 bits per heavy atom. The fraction of sp³-hybridized carbons (Fsp3) is 0.421. The van der Waals surface area contributed by atoms with Crippen LogP contribution in [-0.2, 0) is 9.59 Å². The SMILES string of the molecule is CC(C)O.COc1c(Cl)cccc1NC(=S)C1=C(C)CCN(C(C)=O)C1=O. The highest BCUT2D eigenvalue weighted by molar-refractivity contribution is 7.81. The zero-order valence-corrected chi connectivity index (χ0v) is 17.7. The van der Waals surface area contributed by atoms with E-state index in [0.29, 0.717) is 35.0 Å². The van der Waals surface area contributed by atoms with Gasteiger partial charge in [0.15, 0.2) is 5.75 Å². The first-order valence-corrected chi connectivity index (χ1v) is 9.22. The van der Waals surface area contributed by atoms with Crippen LogP contribution in [0.5, 0.6) is 5.75 Å². The van der Waals surface area contributed by atoms with Crippen molar-refractivity contribution in [3.05, 3.63) is 34.4 Å². The average molecular weight is 413 g/mol. The van der Waals surface area contributed by atoms with E-state index >= 15 is 0 Å². The van der Waals surface area contributed by atoms with Gasteiger partial charge in [-0.2, -0.15) is 0 Å². The van der Waals surface area contributed by atoms with Gasteiger partial charge in [0.05, 0.1) is 23.4 Å². The van der Waals surface area contributed by atoms with Gasteiger partial charge < -0.3 is 15.2 Å². The van der Waals surface area contributed by atoms with Crippen molar-refractivity contribution in [2.24, 2.45) is 0 Å². The zero-order chi connectivity index (χ0) is 20.7. The Labute approximate surface area is 170 Å². The van der Waals surface area contributed by atoms with E-state index in [1.54, 1.807) is 32.0 Å². The highest BCUT2D eigenvalue weighted by Crippen LogP contribution is 2.33. The number of nitrogens with zero attached hydrogens (tertiary/aromatic N) is 1. The summed E-state index contributed by atoms with van der Waals surface area (Å²) < 4.78 is 5.26. The number of thiocarbonyl (C=S) groups is 1. The maximum atomic E-state index is 12.5. The van der Waals surface area contributed by atoms with Crippen LogP contribution < -0.4 is 10.1 Å². The molecular formula is C19H25ClN2O4S. The molecule has 0 bridgehead atoms. The summed E-state index contributed by atoms with van der Waals surface area (Å²) in [6, 6.07) is 5.20. The number of rotatable bonds is 3. The molecule has 1 aliphatic rings. The minimum atomic E-state index is -0.375. The molecule has 0 unspecified atom stereocenters. The first kappa shape index (κ1) is 23.1. The van der Waals surface area contributed by atoms with Gasteiger partial charge in [-0.1, -0.05) is 35.5 Å². The molecule has 0 atom stereocenters. The van der Waals surface area contributed by atoms with Crippen molar-refractivity contribution in [3.8, 4) is 5.75 Å². The van der Waals surface area contributed by atoms with Gasteiger partial charge in [0.2, 0.25) is 5.91 Å². The van der Waals surface area contributed by atoms with E-state index in [9.17, 15) is 9.59 Å². The van der Waals surface area contributed by atoms with Crippen molar-refractivity contribution in [2.45, 2.75) is 40.2 Å². The molecule has 6 nitrogen and oxygen atoms in total. The number of carbonyl (C=O) groups excluding carboxylic acids is 2. The summed E-state index contributed by atoms with van der Waals surface area (Å²) in [5.74, 6) is -0.218. The van der Waals surface area contributed by atoms with Crippen LogP contribution in [0.3, 0.4) is 0 Å². The van der Waals surface area contributed by atoms with Gasteiger partial charge in [-0.15, -0.1) is 0 Å². The monoisotopic (exact) mass is 412 g/mol. The Kier molecular flexibility index (Phi) is 8.88. The molecule has 0 saturated carbocycles. The van der Waals surface area contributed by atoms with Gasteiger partial charge in [0.25, 0.3) is 5.91 Å². The molecule has 1 aliphatic heterocycles. The third kappa shape index (κ3) is 6.30. The molecule has 2 rings (SSSR count). The number of ether oxygens (including phenoxy) is 1. The van der Waals surface area contributed by atoms with Crippen LogP contribution in [-0.4, -0.2) is 46.6 Å². The summed E-state index contributed by atoms with van der Waals surface area (Å²) in [5.41, 5.74) is 1.77. The molecule has 0 spiro atoms. The van der Waals surface area contributed by atoms with Crippen molar-refractivity contribution >= 4 is 46.3 Å². The van der Waals surface area contributed by atoms with Crippen LogP contribution in [0.4, 0.5) is 5.69 Å². The lowest BCUT2D eigenvalue weighted by Crippen LogP contribution is -2.42. The zero-order valence-electron chi connectivity index (χ0n) is 16.1. The Hall–Kier alpha value is -1.96. The van der Waals surface area contributed by atoms with Crippen LogP contribution in [0.2, 0.25) is 5.02 Å². The van der Waals surface area contributed by atoms with E-state index in [-0.39, 0.29) is 22.9 Å². The topological polar surface area (TPSA) is 78.9 Å². The average Bonchev–Trinajstić information content (AvgIpc) is 2.54. The second-order valence-corrected chi connectivity index (χ2v) is 7.07. The Balaban J connectivity index is 0.000000828. The first-order valence-electron chi connectivity index (χ1n) is 8.44. The van der Waals surface area contributed by atoms with Gasteiger partial charge in [0.1, 0.15) is 4.99 Å². The molecule has 2 N–H and O–H groups in total. The summed E-state index contributed by atoms with van der Waals surface area (Å²) in [6.07, 6.45) is 0.440. The minimum Gasteiger partial charge on any atom is -0.493 e. The molecule has 0 fully saturated rings. The highest BCUT2D eigenvalue weighted by Gasteiger charge is 2.30. The number of amides is 2. The number of carbonyl (C=O) groups is 2. The van der Waals surface area contributed by atoms with E-state index < -0.39 is 0 Å². The van der Waals surface area contributed by atoms with E-state index in [4.69, 9.17) is 33.7 Å². The molecule has 0 aliphatic carbocycles. The van der Waals surface area contributed by atoms with Gasteiger partial charge in [-0.05, 0) is 39.3 Å². The van der Waals surface area contributed by atoms with Crippen LogP contribution in [0.1, 0.15) is 34.1 Å². The van der Waals surface area contributed by atoms with Crippen molar-refractivity contribution in [3.63, 3.8) is 0 Å². The minimum absolute atomic E-state index is 0.167. The summed E-state index contributed by atoms with van der Waals surface area (Å²) in [4.78, 5) is 25.5. The number of aliphatic hydroxyl groups is 1. The Morgan fingerprint density at radius 2 is 2.00 bits per heavy atom. The Morgan fingerprint density at radius 1 is 1.41 bits per heavy atom. The van der Waals surface area contributed by atoms with E-state index in [2.05, 4.69) is 5.32 Å². The maximum absolute atomic E-state index is 12.5. The fourth-order valence-electron chi connectivity index (χ4n) is 2.41. The molecular weight excluding hydrogens is 388 g/mol. The predicted octanol–water partition coefficient (Wildman–Crippen LogP) is 3.57. The second kappa shape index (κ2) is 10.4. The third-order valence-electron chi connectivity index (χ3n) is 3.62. The summed E-state index contributed by atoms with van der Waals surface area (Å²) in [5, 5.41) is 11.5.